The molecule has 0 aliphatic carbocycles. The molecule has 0 saturated carbocycles. The highest BCUT2D eigenvalue weighted by Crippen LogP contribution is 2.44. The largest absolute Gasteiger partial charge is 0.545 e. The Balaban J connectivity index is 1.95. The Bertz CT molecular complexity index is 653. The molecule has 0 aliphatic rings. The number of carbonyl (C=O) groups is 1. The molecule has 1 atom stereocenters. The normalized spacial score (nSPS) is 13.4. The van der Waals surface area contributed by atoms with Crippen LogP contribution >= 0.6 is 7.82 Å². The maximum absolute atomic E-state index is 11.7. The van der Waals surface area contributed by atoms with Gasteiger partial charge in [-0.15, -0.1) is 0 Å². The van der Waals surface area contributed by atoms with Crippen LogP contribution in [0.25, 0.3) is 0 Å². The van der Waals surface area contributed by atoms with Crippen molar-refractivity contribution in [3.63, 3.8) is 0 Å². The Morgan fingerprint density at radius 3 is 2.29 bits per heavy atom. The second-order valence-corrected chi connectivity index (χ2v) is 5.51. The van der Waals surface area contributed by atoms with Crippen LogP contribution in [0.15, 0.2) is 54.6 Å². The van der Waals surface area contributed by atoms with Crippen molar-refractivity contribution in [1.29, 1.82) is 0 Å². The Kier molecular flexibility index (Phi) is 4.75. The van der Waals surface area contributed by atoms with Gasteiger partial charge in [-0.1, -0.05) is 42.5 Å². The fourth-order valence-electron chi connectivity index (χ4n) is 1.53. The number of para-hydroxylation sites is 1. The van der Waals surface area contributed by atoms with Crippen molar-refractivity contribution in [3.8, 4) is 5.75 Å². The quantitative estimate of drug-likeness (QED) is 0.817. The second-order valence-electron chi connectivity index (χ2n) is 4.13. The van der Waals surface area contributed by atoms with E-state index in [0.29, 0.717) is 5.56 Å². The number of carboxylic acids is 1. The van der Waals surface area contributed by atoms with Gasteiger partial charge in [-0.25, -0.2) is 4.57 Å². The molecule has 0 amide bonds. The number of phosphoric acid groups is 1. The van der Waals surface area contributed by atoms with E-state index < -0.39 is 13.8 Å². The van der Waals surface area contributed by atoms with Crippen LogP contribution in [0.3, 0.4) is 0 Å². The molecule has 0 saturated heterocycles. The first-order valence-corrected chi connectivity index (χ1v) is 7.48. The van der Waals surface area contributed by atoms with Crippen LogP contribution in [-0.2, 0) is 15.7 Å². The van der Waals surface area contributed by atoms with E-state index in [-0.39, 0.29) is 17.9 Å². The summed E-state index contributed by atoms with van der Waals surface area (Å²) in [5.74, 6) is -1.07. The van der Waals surface area contributed by atoms with E-state index in [2.05, 4.69) is 0 Å². The van der Waals surface area contributed by atoms with Gasteiger partial charge in [0.1, 0.15) is 5.75 Å². The van der Waals surface area contributed by atoms with Crippen molar-refractivity contribution < 1.29 is 28.4 Å². The fraction of sp³-hybridized carbons (Fsp3) is 0.0714. The molecule has 1 N–H and O–H groups in total. The highest BCUT2D eigenvalue weighted by molar-refractivity contribution is 7.47. The zero-order valence-corrected chi connectivity index (χ0v) is 11.7. The minimum atomic E-state index is -4.24. The first-order chi connectivity index (χ1) is 9.96. The Hall–Kier alpha value is -2.14. The topological polar surface area (TPSA) is 95.9 Å². The minimum Gasteiger partial charge on any atom is -0.545 e. The van der Waals surface area contributed by atoms with E-state index in [9.17, 15) is 19.4 Å². The van der Waals surface area contributed by atoms with Gasteiger partial charge in [-0.2, -0.15) is 0 Å². The summed E-state index contributed by atoms with van der Waals surface area (Å²) < 4.78 is 21.5. The predicted molar refractivity (Wildman–Crippen MR) is 72.5 cm³/mol. The summed E-state index contributed by atoms with van der Waals surface area (Å²) in [6.07, 6.45) is 0. The van der Waals surface area contributed by atoms with Gasteiger partial charge in [-0.05, 0) is 23.3 Å². The van der Waals surface area contributed by atoms with Crippen LogP contribution in [0.2, 0.25) is 0 Å². The van der Waals surface area contributed by atoms with Crippen LogP contribution in [0, 0.1) is 0 Å². The molecule has 2 rings (SSSR count). The predicted octanol–water partition coefficient (Wildman–Crippen LogP) is 1.75. The first kappa shape index (κ1) is 15.3. The number of rotatable bonds is 6. The maximum Gasteiger partial charge on any atom is 0.527 e. The van der Waals surface area contributed by atoms with Gasteiger partial charge >= 0.3 is 7.82 Å². The van der Waals surface area contributed by atoms with Crippen molar-refractivity contribution in [3.05, 3.63) is 65.7 Å². The number of hydrogen-bond donors (Lipinski definition) is 1. The van der Waals surface area contributed by atoms with Crippen LogP contribution in [-0.4, -0.2) is 10.9 Å². The Morgan fingerprint density at radius 2 is 1.71 bits per heavy atom. The van der Waals surface area contributed by atoms with Gasteiger partial charge in [0.2, 0.25) is 0 Å². The molecule has 0 aromatic heterocycles. The van der Waals surface area contributed by atoms with E-state index in [1.54, 1.807) is 18.2 Å². The number of benzene rings is 2. The molecular formula is C14H12O6P-. The number of hydrogen-bond acceptors (Lipinski definition) is 5. The number of carbonyl (C=O) groups excluding carboxylic acids is 1. The van der Waals surface area contributed by atoms with E-state index in [0.717, 1.165) is 0 Å². The third-order valence-corrected chi connectivity index (χ3v) is 3.44. The summed E-state index contributed by atoms with van der Waals surface area (Å²) >= 11 is 0. The lowest BCUT2D eigenvalue weighted by atomic mass is 10.1. The second kappa shape index (κ2) is 6.54. The summed E-state index contributed by atoms with van der Waals surface area (Å²) in [7, 11) is -4.24. The lowest BCUT2D eigenvalue weighted by Gasteiger charge is -2.13. The van der Waals surface area contributed by atoms with Crippen molar-refractivity contribution in [2.75, 3.05) is 0 Å². The van der Waals surface area contributed by atoms with Crippen molar-refractivity contribution in [1.82, 2.24) is 0 Å². The van der Waals surface area contributed by atoms with E-state index in [1.165, 1.54) is 36.4 Å². The summed E-state index contributed by atoms with van der Waals surface area (Å²) in [6.45, 7) is -0.187. The monoisotopic (exact) mass is 307 g/mol. The van der Waals surface area contributed by atoms with Gasteiger partial charge in [0.15, 0.2) is 0 Å². The lowest BCUT2D eigenvalue weighted by molar-refractivity contribution is -0.255. The summed E-state index contributed by atoms with van der Waals surface area (Å²) in [5.41, 5.74) is 0.553. The standard InChI is InChI=1S/C14H13O6P/c15-14(16)12-8-6-11(7-9-12)10-19-21(17,18)20-13-4-2-1-3-5-13/h1-9H,10H2,(H,15,16)(H,17,18)/p-1. The number of phosphoric ester groups is 1. The fourth-order valence-corrected chi connectivity index (χ4v) is 2.29. The number of aromatic carboxylic acids is 1. The SMILES string of the molecule is O=C([O-])c1ccc(COP(=O)(O)Oc2ccccc2)cc1. The third kappa shape index (κ3) is 4.72. The van der Waals surface area contributed by atoms with Crippen molar-refractivity contribution in [2.24, 2.45) is 0 Å². The molecule has 7 heteroatoms. The van der Waals surface area contributed by atoms with Gasteiger partial charge in [0.05, 0.1) is 12.6 Å². The molecule has 0 fully saturated rings. The van der Waals surface area contributed by atoms with E-state index in [1.807, 2.05) is 0 Å². The highest BCUT2D eigenvalue weighted by Gasteiger charge is 2.22. The van der Waals surface area contributed by atoms with Crippen LogP contribution in [0.4, 0.5) is 0 Å². The molecule has 2 aromatic carbocycles. The molecule has 0 spiro atoms. The first-order valence-electron chi connectivity index (χ1n) is 5.98. The molecular weight excluding hydrogens is 295 g/mol. The van der Waals surface area contributed by atoms with Gasteiger partial charge in [0, 0.05) is 0 Å². The average molecular weight is 307 g/mol. The molecule has 0 bridgehead atoms. The zero-order chi connectivity index (χ0) is 15.3. The molecule has 6 nitrogen and oxygen atoms in total. The van der Waals surface area contributed by atoms with Gasteiger partial charge < -0.3 is 14.4 Å². The lowest BCUT2D eigenvalue weighted by Crippen LogP contribution is -2.22. The summed E-state index contributed by atoms with van der Waals surface area (Å²) in [6, 6.07) is 13.7. The molecule has 21 heavy (non-hydrogen) atoms. The Morgan fingerprint density at radius 1 is 1.10 bits per heavy atom. The van der Waals surface area contributed by atoms with Gasteiger partial charge in [0.25, 0.3) is 0 Å². The van der Waals surface area contributed by atoms with E-state index in [4.69, 9.17) is 9.05 Å². The highest BCUT2D eigenvalue weighted by atomic mass is 31.2. The molecule has 1 unspecified atom stereocenters. The van der Waals surface area contributed by atoms with Crippen molar-refractivity contribution >= 4 is 13.8 Å². The zero-order valence-electron chi connectivity index (χ0n) is 10.8. The molecule has 0 heterocycles. The van der Waals surface area contributed by atoms with Gasteiger partial charge in [-0.3, -0.25) is 9.42 Å². The maximum atomic E-state index is 11.7. The van der Waals surface area contributed by atoms with Crippen molar-refractivity contribution in [2.45, 2.75) is 6.61 Å². The molecule has 110 valence electrons. The summed E-state index contributed by atoms with van der Waals surface area (Å²) in [5, 5.41) is 10.6. The third-order valence-electron chi connectivity index (χ3n) is 2.55. The smallest absolute Gasteiger partial charge is 0.527 e. The van der Waals surface area contributed by atoms with E-state index >= 15 is 0 Å². The molecule has 2 aromatic rings. The Labute approximate surface area is 121 Å². The average Bonchev–Trinajstić information content (AvgIpc) is 2.46. The number of carboxylic acid groups (broad SMARTS) is 1. The summed E-state index contributed by atoms with van der Waals surface area (Å²) in [4.78, 5) is 20.2. The van der Waals surface area contributed by atoms with Crippen LogP contribution in [0.1, 0.15) is 15.9 Å². The molecule has 0 aliphatic heterocycles. The van der Waals surface area contributed by atoms with Crippen LogP contribution in [0.5, 0.6) is 5.75 Å². The minimum absolute atomic E-state index is 0.0199. The molecule has 0 radical (unpaired) electrons. The van der Waals surface area contributed by atoms with Crippen LogP contribution < -0.4 is 9.63 Å².